The number of nitrogens with zero attached hydrogens (tertiary/aromatic N) is 5. The van der Waals surface area contributed by atoms with Gasteiger partial charge in [0.05, 0.1) is 11.8 Å². The van der Waals surface area contributed by atoms with Gasteiger partial charge in [-0.2, -0.15) is 0 Å². The van der Waals surface area contributed by atoms with Gasteiger partial charge in [0.1, 0.15) is 5.82 Å². The molecule has 0 spiro atoms. The van der Waals surface area contributed by atoms with E-state index < -0.39 is 0 Å². The van der Waals surface area contributed by atoms with Crippen LogP contribution in [0.2, 0.25) is 0 Å². The molecule has 1 aliphatic heterocycles. The maximum Gasteiger partial charge on any atom is 0.233 e. The molecule has 8 heteroatoms. The number of hydrogen-bond donors (Lipinski definition) is 0. The van der Waals surface area contributed by atoms with Crippen LogP contribution in [0.4, 0.5) is 4.39 Å². The number of aromatic nitrogens is 3. The lowest BCUT2D eigenvalue weighted by Gasteiger charge is -2.31. The van der Waals surface area contributed by atoms with Crippen molar-refractivity contribution in [1.29, 1.82) is 0 Å². The summed E-state index contributed by atoms with van der Waals surface area (Å²) in [7, 11) is 0. The topological polar surface area (TPSA) is 54.3 Å². The zero-order valence-electron chi connectivity index (χ0n) is 19.9. The highest BCUT2D eigenvalue weighted by Gasteiger charge is 2.26. The zero-order valence-corrected chi connectivity index (χ0v) is 20.7. The normalized spacial score (nSPS) is 15.3. The second-order valence-electron chi connectivity index (χ2n) is 8.61. The molecule has 6 nitrogen and oxygen atoms in total. The molecule has 1 amide bonds. The van der Waals surface area contributed by atoms with E-state index in [4.69, 9.17) is 0 Å². The Bertz CT molecular complexity index is 1080. The van der Waals surface area contributed by atoms with Crippen LogP contribution >= 0.6 is 11.8 Å². The monoisotopic (exact) mass is 481 g/mol. The highest BCUT2D eigenvalue weighted by atomic mass is 32.2. The van der Waals surface area contributed by atoms with Crippen molar-refractivity contribution in [2.75, 3.05) is 25.4 Å². The number of carbonyl (C=O) groups is 1. The fourth-order valence-corrected chi connectivity index (χ4v) is 5.25. The average molecular weight is 482 g/mol. The summed E-state index contributed by atoms with van der Waals surface area (Å²) in [5.41, 5.74) is 1.78. The van der Waals surface area contributed by atoms with E-state index in [-0.39, 0.29) is 23.5 Å². The van der Waals surface area contributed by atoms with E-state index >= 15 is 0 Å². The number of thioether (sulfide) groups is 1. The molecule has 1 aromatic heterocycles. The van der Waals surface area contributed by atoms with Gasteiger partial charge in [-0.1, -0.05) is 48.5 Å². The van der Waals surface area contributed by atoms with Crippen molar-refractivity contribution in [2.45, 2.75) is 50.9 Å². The Hall–Kier alpha value is -2.71. The van der Waals surface area contributed by atoms with Crippen molar-refractivity contribution < 1.29 is 9.18 Å². The van der Waals surface area contributed by atoms with E-state index in [0.717, 1.165) is 30.2 Å². The van der Waals surface area contributed by atoms with Crippen molar-refractivity contribution in [3.8, 4) is 5.69 Å². The first-order chi connectivity index (χ1) is 16.6. The average Bonchev–Trinajstić information content (AvgIpc) is 3.30. The maximum absolute atomic E-state index is 13.6. The summed E-state index contributed by atoms with van der Waals surface area (Å²) in [4.78, 5) is 17.2. The maximum atomic E-state index is 13.6. The number of piperidine rings is 1. The van der Waals surface area contributed by atoms with E-state index in [0.29, 0.717) is 18.2 Å². The van der Waals surface area contributed by atoms with E-state index in [1.165, 1.54) is 43.2 Å². The summed E-state index contributed by atoms with van der Waals surface area (Å²) in [6, 6.07) is 16.6. The number of hydrogen-bond acceptors (Lipinski definition) is 5. The summed E-state index contributed by atoms with van der Waals surface area (Å²) < 4.78 is 15.7. The third-order valence-electron chi connectivity index (χ3n) is 6.31. The molecule has 1 fully saturated rings. The molecule has 1 saturated heterocycles. The van der Waals surface area contributed by atoms with E-state index in [9.17, 15) is 9.18 Å². The van der Waals surface area contributed by atoms with Crippen molar-refractivity contribution >= 4 is 17.7 Å². The van der Waals surface area contributed by atoms with Gasteiger partial charge in [0.2, 0.25) is 5.91 Å². The predicted octanol–water partition coefficient (Wildman–Crippen LogP) is 5.09. The van der Waals surface area contributed by atoms with Gasteiger partial charge in [-0.15, -0.1) is 10.2 Å². The van der Waals surface area contributed by atoms with Crippen molar-refractivity contribution in [1.82, 2.24) is 24.6 Å². The minimum Gasteiger partial charge on any atom is -0.338 e. The van der Waals surface area contributed by atoms with Gasteiger partial charge in [-0.25, -0.2) is 4.39 Å². The molecular formula is C26H32FN5OS. The minimum atomic E-state index is -0.290. The van der Waals surface area contributed by atoms with Gasteiger partial charge in [-0.3, -0.25) is 14.3 Å². The first-order valence-electron chi connectivity index (χ1n) is 12.0. The Morgan fingerprint density at radius 3 is 2.56 bits per heavy atom. The molecule has 0 aliphatic carbocycles. The Labute approximate surface area is 205 Å². The van der Waals surface area contributed by atoms with Crippen molar-refractivity contribution in [3.05, 3.63) is 71.8 Å². The highest BCUT2D eigenvalue weighted by molar-refractivity contribution is 7.99. The van der Waals surface area contributed by atoms with Crippen LogP contribution in [0.1, 0.15) is 50.5 Å². The lowest BCUT2D eigenvalue weighted by Crippen LogP contribution is -2.33. The van der Waals surface area contributed by atoms with Crippen LogP contribution in [0.5, 0.6) is 0 Å². The first kappa shape index (κ1) is 24.4. The van der Waals surface area contributed by atoms with Crippen LogP contribution in [0, 0.1) is 5.82 Å². The number of benzene rings is 2. The number of para-hydroxylation sites is 1. The van der Waals surface area contributed by atoms with Crippen LogP contribution in [-0.4, -0.2) is 55.9 Å². The standard InChI is InChI=1S/C26H32FN5OS/c1-3-30(18-21-11-10-12-22(27)17-21)24(33)19-34-26-29-28-25(20(2)31-15-8-5-9-16-31)32(26)23-13-6-4-7-14-23/h4,6-7,10-14,17,20H,3,5,8-9,15-16,18-19H2,1-2H3/t20-/m1/s1. The molecule has 3 aromatic rings. The smallest absolute Gasteiger partial charge is 0.233 e. The molecule has 0 radical (unpaired) electrons. The molecule has 2 heterocycles. The number of rotatable bonds is 9. The fourth-order valence-electron chi connectivity index (χ4n) is 4.38. The van der Waals surface area contributed by atoms with Crippen LogP contribution in [0.15, 0.2) is 59.8 Å². The summed E-state index contributed by atoms with van der Waals surface area (Å²) >= 11 is 1.40. The highest BCUT2D eigenvalue weighted by Crippen LogP contribution is 2.29. The SMILES string of the molecule is CCN(Cc1cccc(F)c1)C(=O)CSc1nnc([C@@H](C)N2CCCCC2)n1-c1ccccc1. The second-order valence-corrected chi connectivity index (χ2v) is 9.55. The van der Waals surface area contributed by atoms with Crippen LogP contribution in [0.3, 0.4) is 0 Å². The van der Waals surface area contributed by atoms with Crippen molar-refractivity contribution in [3.63, 3.8) is 0 Å². The summed E-state index contributed by atoms with van der Waals surface area (Å²) in [5.74, 6) is 0.841. The van der Waals surface area contributed by atoms with E-state index in [2.05, 4.69) is 26.6 Å². The van der Waals surface area contributed by atoms with Gasteiger partial charge in [0.15, 0.2) is 11.0 Å². The molecule has 0 bridgehead atoms. The van der Waals surface area contributed by atoms with Gasteiger partial charge in [0, 0.05) is 18.8 Å². The van der Waals surface area contributed by atoms with Gasteiger partial charge < -0.3 is 4.90 Å². The molecule has 1 aliphatic rings. The Morgan fingerprint density at radius 2 is 1.85 bits per heavy atom. The lowest BCUT2D eigenvalue weighted by atomic mass is 10.1. The largest absolute Gasteiger partial charge is 0.338 e. The van der Waals surface area contributed by atoms with Crippen LogP contribution < -0.4 is 0 Å². The van der Waals surface area contributed by atoms with Gasteiger partial charge in [0.25, 0.3) is 0 Å². The third kappa shape index (κ3) is 5.85. The van der Waals surface area contributed by atoms with E-state index in [1.54, 1.807) is 11.0 Å². The summed E-state index contributed by atoms with van der Waals surface area (Å²) in [6.45, 7) is 7.19. The summed E-state index contributed by atoms with van der Waals surface area (Å²) in [6.07, 6.45) is 3.69. The quantitative estimate of drug-likeness (QED) is 0.398. The lowest BCUT2D eigenvalue weighted by molar-refractivity contribution is -0.128. The molecular weight excluding hydrogens is 449 g/mol. The van der Waals surface area contributed by atoms with Crippen LogP contribution in [-0.2, 0) is 11.3 Å². The molecule has 34 heavy (non-hydrogen) atoms. The summed E-state index contributed by atoms with van der Waals surface area (Å²) in [5, 5.41) is 9.77. The Morgan fingerprint density at radius 1 is 1.09 bits per heavy atom. The number of halogens is 1. The Balaban J connectivity index is 1.52. The molecule has 0 unspecified atom stereocenters. The molecule has 0 N–H and O–H groups in total. The fraction of sp³-hybridized carbons (Fsp3) is 0.423. The first-order valence-corrected chi connectivity index (χ1v) is 12.9. The number of amides is 1. The molecule has 180 valence electrons. The predicted molar refractivity (Wildman–Crippen MR) is 133 cm³/mol. The van der Waals surface area contributed by atoms with Gasteiger partial charge in [-0.05, 0) is 69.6 Å². The molecule has 1 atom stereocenters. The number of carbonyl (C=O) groups excluding carboxylic acids is 1. The molecule has 2 aromatic carbocycles. The number of likely N-dealkylation sites (tertiary alicyclic amines) is 1. The van der Waals surface area contributed by atoms with Crippen LogP contribution in [0.25, 0.3) is 5.69 Å². The van der Waals surface area contributed by atoms with E-state index in [1.807, 2.05) is 43.3 Å². The molecule has 0 saturated carbocycles. The Kier molecular flexibility index (Phi) is 8.34. The van der Waals surface area contributed by atoms with Crippen molar-refractivity contribution in [2.24, 2.45) is 0 Å². The van der Waals surface area contributed by atoms with Gasteiger partial charge >= 0.3 is 0 Å². The minimum absolute atomic E-state index is 0.00926. The second kappa shape index (κ2) is 11.6. The zero-order chi connectivity index (χ0) is 23.9. The molecule has 4 rings (SSSR count). The third-order valence-corrected chi connectivity index (χ3v) is 7.22.